The zero-order chi connectivity index (χ0) is 21.1. The highest BCUT2D eigenvalue weighted by Crippen LogP contribution is 2.32. The SMILES string of the molecule is C[C@H](NC(=O)C(=O)N[C@@H](C)[C@H]1COc2ccccc2O1)[C@@H]1COc2ccccc2O1. The molecule has 0 spiro atoms. The zero-order valence-corrected chi connectivity index (χ0v) is 16.8. The number of carbonyl (C=O) groups excluding carboxylic acids is 2. The fourth-order valence-corrected chi connectivity index (χ4v) is 3.29. The van der Waals surface area contributed by atoms with Gasteiger partial charge in [0, 0.05) is 0 Å². The summed E-state index contributed by atoms with van der Waals surface area (Å²) < 4.78 is 23.1. The normalized spacial score (nSPS) is 21.1. The van der Waals surface area contributed by atoms with Gasteiger partial charge in [0.1, 0.15) is 13.2 Å². The molecule has 0 bridgehead atoms. The number of ether oxygens (including phenoxy) is 4. The van der Waals surface area contributed by atoms with Gasteiger partial charge in [-0.1, -0.05) is 24.3 Å². The zero-order valence-electron chi connectivity index (χ0n) is 16.8. The summed E-state index contributed by atoms with van der Waals surface area (Å²) in [5, 5.41) is 5.35. The molecule has 8 nitrogen and oxygen atoms in total. The van der Waals surface area contributed by atoms with Crippen molar-refractivity contribution in [3.05, 3.63) is 48.5 Å². The second-order valence-electron chi connectivity index (χ2n) is 7.35. The number of benzene rings is 2. The third-order valence-electron chi connectivity index (χ3n) is 5.10. The maximum atomic E-state index is 12.4. The van der Waals surface area contributed by atoms with Crippen molar-refractivity contribution in [2.75, 3.05) is 13.2 Å². The number of hydrogen-bond acceptors (Lipinski definition) is 6. The summed E-state index contributed by atoms with van der Waals surface area (Å²) in [4.78, 5) is 24.7. The van der Waals surface area contributed by atoms with Crippen LogP contribution >= 0.6 is 0 Å². The van der Waals surface area contributed by atoms with Crippen LogP contribution in [0, 0.1) is 0 Å². The first kappa shape index (κ1) is 19.9. The van der Waals surface area contributed by atoms with Crippen molar-refractivity contribution in [1.82, 2.24) is 10.6 Å². The Bertz CT molecular complexity index is 858. The molecule has 30 heavy (non-hydrogen) atoms. The summed E-state index contributed by atoms with van der Waals surface area (Å²) in [6, 6.07) is 13.8. The van der Waals surface area contributed by atoms with Gasteiger partial charge < -0.3 is 29.6 Å². The van der Waals surface area contributed by atoms with Crippen molar-refractivity contribution in [3.63, 3.8) is 0 Å². The minimum Gasteiger partial charge on any atom is -0.486 e. The Balaban J connectivity index is 1.28. The average molecular weight is 412 g/mol. The lowest BCUT2D eigenvalue weighted by atomic mass is 10.1. The minimum atomic E-state index is -0.742. The van der Waals surface area contributed by atoms with E-state index in [1.165, 1.54) is 0 Å². The van der Waals surface area contributed by atoms with Crippen molar-refractivity contribution >= 4 is 11.8 Å². The Morgan fingerprint density at radius 2 is 1.10 bits per heavy atom. The number of carbonyl (C=O) groups is 2. The molecular weight excluding hydrogens is 388 g/mol. The first-order valence-corrected chi connectivity index (χ1v) is 9.89. The maximum absolute atomic E-state index is 12.4. The third-order valence-corrected chi connectivity index (χ3v) is 5.10. The van der Waals surface area contributed by atoms with Gasteiger partial charge in [0.05, 0.1) is 12.1 Å². The molecule has 0 aliphatic carbocycles. The van der Waals surface area contributed by atoms with Crippen molar-refractivity contribution in [1.29, 1.82) is 0 Å². The summed E-state index contributed by atoms with van der Waals surface area (Å²) in [7, 11) is 0. The van der Waals surface area contributed by atoms with Crippen molar-refractivity contribution in [2.24, 2.45) is 0 Å². The highest BCUT2D eigenvalue weighted by atomic mass is 16.6. The highest BCUT2D eigenvalue weighted by Gasteiger charge is 2.31. The lowest BCUT2D eigenvalue weighted by molar-refractivity contribution is -0.140. The summed E-state index contributed by atoms with van der Waals surface area (Å²) >= 11 is 0. The highest BCUT2D eigenvalue weighted by molar-refractivity contribution is 6.35. The molecule has 8 heteroatoms. The number of fused-ring (bicyclic) bond motifs is 2. The van der Waals surface area contributed by atoms with Gasteiger partial charge in [-0.25, -0.2) is 0 Å². The van der Waals surface area contributed by atoms with Gasteiger partial charge in [0.15, 0.2) is 35.2 Å². The van der Waals surface area contributed by atoms with E-state index >= 15 is 0 Å². The van der Waals surface area contributed by atoms with E-state index in [0.29, 0.717) is 23.0 Å². The van der Waals surface area contributed by atoms with Crippen LogP contribution in [0.2, 0.25) is 0 Å². The van der Waals surface area contributed by atoms with Crippen LogP contribution < -0.4 is 29.6 Å². The largest absolute Gasteiger partial charge is 0.486 e. The fourth-order valence-electron chi connectivity index (χ4n) is 3.29. The van der Waals surface area contributed by atoms with Crippen molar-refractivity contribution in [3.8, 4) is 23.0 Å². The number of amides is 2. The van der Waals surface area contributed by atoms with Gasteiger partial charge in [-0.15, -0.1) is 0 Å². The predicted molar refractivity (Wildman–Crippen MR) is 108 cm³/mol. The van der Waals surface area contributed by atoms with Crippen LogP contribution in [0.5, 0.6) is 23.0 Å². The molecule has 2 amide bonds. The first-order chi connectivity index (χ1) is 14.5. The van der Waals surface area contributed by atoms with Crippen LogP contribution in [-0.2, 0) is 9.59 Å². The van der Waals surface area contributed by atoms with E-state index in [-0.39, 0.29) is 13.2 Å². The fraction of sp³-hybridized carbons (Fsp3) is 0.364. The molecule has 0 aromatic heterocycles. The van der Waals surface area contributed by atoms with Crippen LogP contribution in [-0.4, -0.2) is 49.3 Å². The minimum absolute atomic E-state index is 0.281. The molecule has 4 rings (SSSR count). The standard InChI is InChI=1S/C22H24N2O6/c1-13(19-11-27-15-7-3-5-9-17(15)29-19)23-21(25)22(26)24-14(2)20-12-28-16-8-4-6-10-18(16)30-20/h3-10,13-14,19-20H,11-12H2,1-2H3,(H,23,25)(H,24,26)/t13-,14-,19-,20+/m0/s1. The predicted octanol–water partition coefficient (Wildman–Crippen LogP) is 1.68. The van der Waals surface area contributed by atoms with Crippen LogP contribution in [0.1, 0.15) is 13.8 Å². The van der Waals surface area contributed by atoms with Gasteiger partial charge in [-0.3, -0.25) is 9.59 Å². The van der Waals surface area contributed by atoms with E-state index in [9.17, 15) is 9.59 Å². The molecule has 4 atom stereocenters. The molecule has 0 saturated heterocycles. The second-order valence-corrected chi connectivity index (χ2v) is 7.35. The van der Waals surface area contributed by atoms with Crippen molar-refractivity contribution in [2.45, 2.75) is 38.1 Å². The van der Waals surface area contributed by atoms with Crippen LogP contribution in [0.15, 0.2) is 48.5 Å². The van der Waals surface area contributed by atoms with Gasteiger partial charge >= 0.3 is 11.8 Å². The lowest BCUT2D eigenvalue weighted by Gasteiger charge is -2.31. The molecule has 158 valence electrons. The lowest BCUT2D eigenvalue weighted by Crippen LogP contribution is -2.55. The van der Waals surface area contributed by atoms with E-state index in [1.54, 1.807) is 26.0 Å². The van der Waals surface area contributed by atoms with Gasteiger partial charge in [0.2, 0.25) is 0 Å². The van der Waals surface area contributed by atoms with Gasteiger partial charge in [-0.2, -0.15) is 0 Å². The molecule has 0 unspecified atom stereocenters. The maximum Gasteiger partial charge on any atom is 0.309 e. The summed E-state index contributed by atoms with van der Waals surface area (Å²) in [5.74, 6) is 1.07. The monoisotopic (exact) mass is 412 g/mol. The summed E-state index contributed by atoms with van der Waals surface area (Å²) in [6.07, 6.45) is -0.804. The van der Waals surface area contributed by atoms with Crippen LogP contribution in [0.25, 0.3) is 0 Å². The van der Waals surface area contributed by atoms with Gasteiger partial charge in [0.25, 0.3) is 0 Å². The smallest absolute Gasteiger partial charge is 0.309 e. The molecule has 2 N–H and O–H groups in total. The number of para-hydroxylation sites is 4. The Hall–Kier alpha value is -3.42. The van der Waals surface area contributed by atoms with Crippen LogP contribution in [0.4, 0.5) is 0 Å². The van der Waals surface area contributed by atoms with Gasteiger partial charge in [-0.05, 0) is 38.1 Å². The molecule has 2 aromatic carbocycles. The Morgan fingerprint density at radius 3 is 1.50 bits per heavy atom. The average Bonchev–Trinajstić information content (AvgIpc) is 2.78. The Morgan fingerprint density at radius 1 is 0.733 bits per heavy atom. The number of hydrogen-bond donors (Lipinski definition) is 2. The molecule has 0 saturated carbocycles. The molecular formula is C22H24N2O6. The number of nitrogens with one attached hydrogen (secondary N) is 2. The molecule has 2 aliphatic heterocycles. The summed E-state index contributed by atoms with van der Waals surface area (Å²) in [6.45, 7) is 4.10. The van der Waals surface area contributed by atoms with E-state index in [0.717, 1.165) is 0 Å². The van der Waals surface area contributed by atoms with E-state index in [4.69, 9.17) is 18.9 Å². The quantitative estimate of drug-likeness (QED) is 0.742. The molecule has 0 radical (unpaired) electrons. The van der Waals surface area contributed by atoms with E-state index in [1.807, 2.05) is 36.4 Å². The third kappa shape index (κ3) is 4.27. The van der Waals surface area contributed by atoms with E-state index < -0.39 is 36.1 Å². The number of rotatable bonds is 4. The topological polar surface area (TPSA) is 95.1 Å². The molecule has 2 aromatic rings. The molecule has 2 aliphatic rings. The summed E-state index contributed by atoms with van der Waals surface area (Å²) in [5.41, 5.74) is 0. The molecule has 0 fully saturated rings. The van der Waals surface area contributed by atoms with E-state index in [2.05, 4.69) is 10.6 Å². The van der Waals surface area contributed by atoms with Crippen molar-refractivity contribution < 1.29 is 28.5 Å². The van der Waals surface area contributed by atoms with Crippen LogP contribution in [0.3, 0.4) is 0 Å². The Kier molecular flexibility index (Phi) is 5.65. The Labute approximate surface area is 174 Å². The molecule has 2 heterocycles. The first-order valence-electron chi connectivity index (χ1n) is 9.89. The second kappa shape index (κ2) is 8.52.